The normalized spacial score (nSPS) is 19.6. The van der Waals surface area contributed by atoms with Crippen molar-refractivity contribution in [2.75, 3.05) is 19.0 Å². The van der Waals surface area contributed by atoms with E-state index in [1.54, 1.807) is 18.3 Å². The number of pyridine rings is 1. The minimum absolute atomic E-state index is 0.0958. The molecule has 3 rings (SSSR count). The Balaban J connectivity index is 1.98. The van der Waals surface area contributed by atoms with Gasteiger partial charge in [0.2, 0.25) is 5.91 Å². The first-order chi connectivity index (χ1) is 12.0. The van der Waals surface area contributed by atoms with Crippen molar-refractivity contribution < 1.29 is 9.53 Å². The number of amides is 1. The Kier molecular flexibility index (Phi) is 5.29. The fourth-order valence-electron chi connectivity index (χ4n) is 3.42. The smallest absolute Gasteiger partial charge is 0.244 e. The molecule has 0 radical (unpaired) electrons. The number of ether oxygens (including phenoxy) is 1. The monoisotopic (exact) mass is 405 g/mol. The number of rotatable bonds is 6. The zero-order chi connectivity index (χ0) is 18.0. The van der Waals surface area contributed by atoms with Gasteiger partial charge >= 0.3 is 0 Å². The molecule has 1 amide bonds. The molecule has 0 aliphatic carbocycles. The standard InChI is InChI=1S/C19H24BrN3O2/c1-19(2)17(22-23(18(19)24)12-5-4-10-20)14-8-9-15(25-3)16-13(14)7-6-11-21-16/h6-9,11,17,22H,4-5,10,12H2,1-3H3. The minimum atomic E-state index is -0.522. The van der Waals surface area contributed by atoms with E-state index in [-0.39, 0.29) is 11.9 Å². The van der Waals surface area contributed by atoms with Crippen molar-refractivity contribution in [1.29, 1.82) is 0 Å². The summed E-state index contributed by atoms with van der Waals surface area (Å²) in [6.07, 6.45) is 3.78. The van der Waals surface area contributed by atoms with Crippen LogP contribution in [0.15, 0.2) is 30.5 Å². The number of nitrogens with one attached hydrogen (secondary N) is 1. The third-order valence-electron chi connectivity index (χ3n) is 4.87. The van der Waals surface area contributed by atoms with Crippen LogP contribution in [-0.2, 0) is 4.79 Å². The number of aromatic nitrogens is 1. The van der Waals surface area contributed by atoms with Crippen molar-refractivity contribution in [3.63, 3.8) is 0 Å². The lowest BCUT2D eigenvalue weighted by atomic mass is 9.80. The van der Waals surface area contributed by atoms with Gasteiger partial charge in [-0.15, -0.1) is 0 Å². The second-order valence-electron chi connectivity index (χ2n) is 6.89. The maximum absolute atomic E-state index is 12.9. The second-order valence-corrected chi connectivity index (χ2v) is 7.69. The Bertz CT molecular complexity index is 778. The molecule has 1 atom stereocenters. The van der Waals surface area contributed by atoms with Gasteiger partial charge in [-0.3, -0.25) is 14.8 Å². The van der Waals surface area contributed by atoms with Crippen molar-refractivity contribution in [3.8, 4) is 5.75 Å². The summed E-state index contributed by atoms with van der Waals surface area (Å²) in [5.74, 6) is 0.885. The number of benzene rings is 1. The summed E-state index contributed by atoms with van der Waals surface area (Å²) in [6.45, 7) is 4.73. The topological polar surface area (TPSA) is 54.5 Å². The number of methoxy groups -OCH3 is 1. The third kappa shape index (κ3) is 3.25. The van der Waals surface area contributed by atoms with Gasteiger partial charge in [0.05, 0.1) is 18.6 Å². The molecule has 0 saturated carbocycles. The van der Waals surface area contributed by atoms with Crippen molar-refractivity contribution >= 4 is 32.7 Å². The van der Waals surface area contributed by atoms with Gasteiger partial charge in [0.1, 0.15) is 11.3 Å². The van der Waals surface area contributed by atoms with Crippen LogP contribution < -0.4 is 10.2 Å². The van der Waals surface area contributed by atoms with Crippen molar-refractivity contribution in [1.82, 2.24) is 15.4 Å². The van der Waals surface area contributed by atoms with Gasteiger partial charge in [0.15, 0.2) is 0 Å². The first kappa shape index (κ1) is 18.1. The molecule has 2 aromatic rings. The minimum Gasteiger partial charge on any atom is -0.494 e. The lowest BCUT2D eigenvalue weighted by Crippen LogP contribution is -2.36. The molecule has 1 aromatic carbocycles. The highest BCUT2D eigenvalue weighted by molar-refractivity contribution is 9.09. The van der Waals surface area contributed by atoms with Gasteiger partial charge < -0.3 is 4.74 Å². The molecular weight excluding hydrogens is 382 g/mol. The molecule has 0 bridgehead atoms. The third-order valence-corrected chi connectivity index (χ3v) is 5.43. The van der Waals surface area contributed by atoms with Crippen LogP contribution in [0.2, 0.25) is 0 Å². The molecule has 2 heterocycles. The van der Waals surface area contributed by atoms with Gasteiger partial charge in [0.25, 0.3) is 0 Å². The van der Waals surface area contributed by atoms with E-state index in [0.29, 0.717) is 0 Å². The number of alkyl halides is 1. The maximum atomic E-state index is 12.9. The van der Waals surface area contributed by atoms with Gasteiger partial charge in [-0.05, 0) is 44.4 Å². The summed E-state index contributed by atoms with van der Waals surface area (Å²) >= 11 is 3.44. The maximum Gasteiger partial charge on any atom is 0.244 e. The zero-order valence-corrected chi connectivity index (χ0v) is 16.5. The first-order valence-corrected chi connectivity index (χ1v) is 9.68. The van der Waals surface area contributed by atoms with Gasteiger partial charge in [-0.25, -0.2) is 5.43 Å². The number of nitrogens with zero attached hydrogens (tertiary/aromatic N) is 2. The van der Waals surface area contributed by atoms with Crippen LogP contribution in [-0.4, -0.2) is 34.9 Å². The van der Waals surface area contributed by atoms with E-state index in [9.17, 15) is 4.79 Å². The average Bonchev–Trinajstić information content (AvgIpc) is 2.84. The Hall–Kier alpha value is -1.66. The molecule has 1 fully saturated rings. The molecule has 134 valence electrons. The summed E-state index contributed by atoms with van der Waals surface area (Å²) in [5, 5.41) is 3.75. The predicted molar refractivity (Wildman–Crippen MR) is 103 cm³/mol. The highest BCUT2D eigenvalue weighted by Gasteiger charge is 2.48. The molecular formula is C19H24BrN3O2. The zero-order valence-electron chi connectivity index (χ0n) is 14.9. The molecule has 5 nitrogen and oxygen atoms in total. The lowest BCUT2D eigenvalue weighted by molar-refractivity contribution is -0.136. The summed E-state index contributed by atoms with van der Waals surface area (Å²) in [7, 11) is 1.65. The number of hydrogen-bond acceptors (Lipinski definition) is 4. The Labute approximate surface area is 156 Å². The number of hydrazine groups is 1. The molecule has 1 aliphatic rings. The van der Waals surface area contributed by atoms with E-state index >= 15 is 0 Å². The molecule has 1 aromatic heterocycles. The number of halogens is 1. The van der Waals surface area contributed by atoms with Crippen LogP contribution in [0.4, 0.5) is 0 Å². The Morgan fingerprint density at radius 3 is 2.84 bits per heavy atom. The van der Waals surface area contributed by atoms with Crippen LogP contribution in [0, 0.1) is 5.41 Å². The number of unbranched alkanes of at least 4 members (excludes halogenated alkanes) is 1. The number of hydrogen-bond donors (Lipinski definition) is 1. The van der Waals surface area contributed by atoms with Gasteiger partial charge in [-0.2, -0.15) is 0 Å². The molecule has 1 saturated heterocycles. The quantitative estimate of drug-likeness (QED) is 0.585. The van der Waals surface area contributed by atoms with Crippen molar-refractivity contribution in [3.05, 3.63) is 36.0 Å². The van der Waals surface area contributed by atoms with E-state index in [4.69, 9.17) is 4.74 Å². The summed E-state index contributed by atoms with van der Waals surface area (Å²) in [6, 6.07) is 7.83. The van der Waals surface area contributed by atoms with E-state index in [1.165, 1.54) is 0 Å². The average molecular weight is 406 g/mol. The molecule has 6 heteroatoms. The van der Waals surface area contributed by atoms with Crippen LogP contribution in [0.1, 0.15) is 38.3 Å². The van der Waals surface area contributed by atoms with Gasteiger partial charge in [0, 0.05) is 23.5 Å². The lowest BCUT2D eigenvalue weighted by Gasteiger charge is -2.24. The van der Waals surface area contributed by atoms with E-state index in [0.717, 1.165) is 46.9 Å². The predicted octanol–water partition coefficient (Wildman–Crippen LogP) is 3.83. The molecule has 1 unspecified atom stereocenters. The number of carbonyl (C=O) groups excluding carboxylic acids is 1. The summed E-state index contributed by atoms with van der Waals surface area (Å²) in [4.78, 5) is 17.3. The van der Waals surface area contributed by atoms with Crippen molar-refractivity contribution in [2.45, 2.75) is 32.7 Å². The van der Waals surface area contributed by atoms with E-state index in [1.807, 2.05) is 38.1 Å². The molecule has 1 N–H and O–H groups in total. The SMILES string of the molecule is COc1ccc(C2NN(CCCCBr)C(=O)C2(C)C)c2cccnc12. The van der Waals surface area contributed by atoms with E-state index < -0.39 is 5.41 Å². The van der Waals surface area contributed by atoms with Crippen LogP contribution >= 0.6 is 15.9 Å². The highest BCUT2D eigenvalue weighted by atomic mass is 79.9. The van der Waals surface area contributed by atoms with Crippen molar-refractivity contribution in [2.24, 2.45) is 5.41 Å². The van der Waals surface area contributed by atoms with E-state index in [2.05, 4.69) is 26.3 Å². The fraction of sp³-hybridized carbons (Fsp3) is 0.474. The fourth-order valence-corrected chi connectivity index (χ4v) is 3.82. The Morgan fingerprint density at radius 2 is 2.12 bits per heavy atom. The summed E-state index contributed by atoms with van der Waals surface area (Å²) < 4.78 is 5.44. The number of fused-ring (bicyclic) bond motifs is 1. The van der Waals surface area contributed by atoms with Crippen LogP contribution in [0.25, 0.3) is 10.9 Å². The first-order valence-electron chi connectivity index (χ1n) is 8.56. The Morgan fingerprint density at radius 1 is 1.32 bits per heavy atom. The highest BCUT2D eigenvalue weighted by Crippen LogP contribution is 2.43. The largest absolute Gasteiger partial charge is 0.494 e. The van der Waals surface area contributed by atoms with Crippen LogP contribution in [0.3, 0.4) is 0 Å². The molecule has 25 heavy (non-hydrogen) atoms. The molecule has 0 spiro atoms. The van der Waals surface area contributed by atoms with Gasteiger partial charge in [-0.1, -0.05) is 28.1 Å². The second kappa shape index (κ2) is 7.30. The van der Waals surface area contributed by atoms with Crippen LogP contribution in [0.5, 0.6) is 5.75 Å². The molecule has 1 aliphatic heterocycles. The number of carbonyl (C=O) groups is 1. The summed E-state index contributed by atoms with van der Waals surface area (Å²) in [5.41, 5.74) is 4.81.